The molecule has 0 radical (unpaired) electrons. The molecule has 1 aromatic heterocycles. The van der Waals surface area contributed by atoms with Crippen molar-refractivity contribution >= 4 is 11.6 Å². The van der Waals surface area contributed by atoms with Gasteiger partial charge in [0.25, 0.3) is 0 Å². The van der Waals surface area contributed by atoms with Crippen LogP contribution in [-0.2, 0) is 0 Å². The second kappa shape index (κ2) is 5.54. The fourth-order valence-electron chi connectivity index (χ4n) is 1.98. The van der Waals surface area contributed by atoms with Crippen molar-refractivity contribution in [2.24, 2.45) is 0 Å². The van der Waals surface area contributed by atoms with Gasteiger partial charge in [0.15, 0.2) is 5.82 Å². The Labute approximate surface area is 125 Å². The molecule has 0 amide bonds. The van der Waals surface area contributed by atoms with Gasteiger partial charge in [-0.15, -0.1) is 5.10 Å². The Morgan fingerprint density at radius 1 is 1.10 bits per heavy atom. The number of ether oxygens (including phenoxy) is 1. The average molecular weight is 304 g/mol. The van der Waals surface area contributed by atoms with Gasteiger partial charge in [0.1, 0.15) is 11.6 Å². The highest BCUT2D eigenvalue weighted by Crippen LogP contribution is 2.28. The van der Waals surface area contributed by atoms with Gasteiger partial charge in [0.2, 0.25) is 5.28 Å². The molecule has 6 heteroatoms. The molecule has 0 unspecified atom stereocenters. The highest BCUT2D eigenvalue weighted by Gasteiger charge is 2.14. The van der Waals surface area contributed by atoms with Crippen LogP contribution in [0.15, 0.2) is 48.5 Å². The van der Waals surface area contributed by atoms with Crippen molar-refractivity contribution in [2.45, 2.75) is 0 Å². The standard InChI is InChI=1S/C15H11ClFN3O/c1-21-13-5-3-2-4-12(13)14-18-15(16)20(19-14)11-8-6-10(17)7-9-11/h2-9H,1H3. The summed E-state index contributed by atoms with van der Waals surface area (Å²) < 4.78 is 19.7. The normalized spacial score (nSPS) is 10.6. The van der Waals surface area contributed by atoms with E-state index >= 15 is 0 Å². The number of benzene rings is 2. The van der Waals surface area contributed by atoms with Gasteiger partial charge >= 0.3 is 0 Å². The van der Waals surface area contributed by atoms with Gasteiger partial charge in [-0.05, 0) is 48.0 Å². The van der Waals surface area contributed by atoms with Gasteiger partial charge in [0.05, 0.1) is 18.4 Å². The van der Waals surface area contributed by atoms with Crippen molar-refractivity contribution in [1.29, 1.82) is 0 Å². The molecule has 0 spiro atoms. The lowest BCUT2D eigenvalue weighted by Gasteiger charge is -2.04. The smallest absolute Gasteiger partial charge is 0.226 e. The lowest BCUT2D eigenvalue weighted by atomic mass is 10.2. The minimum absolute atomic E-state index is 0.197. The van der Waals surface area contributed by atoms with Crippen LogP contribution in [0.3, 0.4) is 0 Å². The summed E-state index contributed by atoms with van der Waals surface area (Å²) in [5, 5.41) is 4.56. The first kappa shape index (κ1) is 13.6. The van der Waals surface area contributed by atoms with Gasteiger partial charge in [-0.2, -0.15) is 4.98 Å². The summed E-state index contributed by atoms with van der Waals surface area (Å²) in [4.78, 5) is 4.23. The largest absolute Gasteiger partial charge is 0.496 e. The number of para-hydroxylation sites is 1. The van der Waals surface area contributed by atoms with Crippen LogP contribution in [0.5, 0.6) is 5.75 Å². The van der Waals surface area contributed by atoms with Crippen LogP contribution in [-0.4, -0.2) is 21.9 Å². The zero-order chi connectivity index (χ0) is 14.8. The molecule has 0 N–H and O–H groups in total. The molecule has 0 saturated carbocycles. The predicted molar refractivity (Wildman–Crippen MR) is 78.3 cm³/mol. The van der Waals surface area contributed by atoms with Gasteiger partial charge < -0.3 is 4.74 Å². The van der Waals surface area contributed by atoms with E-state index in [-0.39, 0.29) is 11.1 Å². The Morgan fingerprint density at radius 2 is 1.81 bits per heavy atom. The maximum Gasteiger partial charge on any atom is 0.226 e. The fraction of sp³-hybridized carbons (Fsp3) is 0.0667. The molecule has 21 heavy (non-hydrogen) atoms. The topological polar surface area (TPSA) is 39.9 Å². The molecule has 3 rings (SSSR count). The number of hydrogen-bond donors (Lipinski definition) is 0. The van der Waals surface area contributed by atoms with E-state index in [0.29, 0.717) is 17.3 Å². The van der Waals surface area contributed by atoms with Crippen molar-refractivity contribution in [1.82, 2.24) is 14.8 Å². The van der Waals surface area contributed by atoms with E-state index < -0.39 is 0 Å². The Balaban J connectivity index is 2.07. The average Bonchev–Trinajstić information content (AvgIpc) is 2.90. The SMILES string of the molecule is COc1ccccc1-c1nc(Cl)n(-c2ccc(F)cc2)n1. The van der Waals surface area contributed by atoms with E-state index in [9.17, 15) is 4.39 Å². The maximum atomic E-state index is 13.0. The number of rotatable bonds is 3. The zero-order valence-corrected chi connectivity index (χ0v) is 11.9. The van der Waals surface area contributed by atoms with Crippen molar-refractivity contribution in [3.63, 3.8) is 0 Å². The third-order valence-electron chi connectivity index (χ3n) is 2.99. The third kappa shape index (κ3) is 2.60. The highest BCUT2D eigenvalue weighted by atomic mass is 35.5. The lowest BCUT2D eigenvalue weighted by Crippen LogP contribution is -1.97. The van der Waals surface area contributed by atoms with Crippen LogP contribution in [0, 0.1) is 5.82 Å². The van der Waals surface area contributed by atoms with E-state index in [1.165, 1.54) is 16.8 Å². The molecule has 0 aliphatic heterocycles. The quantitative estimate of drug-likeness (QED) is 0.740. The molecule has 0 aliphatic carbocycles. The van der Waals surface area contributed by atoms with E-state index in [1.807, 2.05) is 24.3 Å². The number of hydrogen-bond acceptors (Lipinski definition) is 3. The highest BCUT2D eigenvalue weighted by molar-refractivity contribution is 6.28. The number of methoxy groups -OCH3 is 1. The van der Waals surface area contributed by atoms with E-state index in [1.54, 1.807) is 19.2 Å². The molecule has 0 aliphatic rings. The Kier molecular flexibility index (Phi) is 3.58. The summed E-state index contributed by atoms with van der Waals surface area (Å²) in [6.07, 6.45) is 0. The number of halogens is 2. The number of nitrogens with zero attached hydrogens (tertiary/aromatic N) is 3. The molecular formula is C15H11ClFN3O. The molecule has 106 valence electrons. The van der Waals surface area contributed by atoms with Crippen molar-refractivity contribution in [3.8, 4) is 22.8 Å². The van der Waals surface area contributed by atoms with Crippen LogP contribution >= 0.6 is 11.6 Å². The molecule has 0 fully saturated rings. The molecule has 0 atom stereocenters. The van der Waals surface area contributed by atoms with Gasteiger partial charge in [-0.3, -0.25) is 0 Å². The predicted octanol–water partition coefficient (Wildman–Crippen LogP) is 3.74. The molecule has 2 aromatic carbocycles. The van der Waals surface area contributed by atoms with Crippen molar-refractivity contribution < 1.29 is 9.13 Å². The van der Waals surface area contributed by atoms with Crippen LogP contribution in [0.25, 0.3) is 17.1 Å². The van der Waals surface area contributed by atoms with E-state index in [0.717, 1.165) is 5.56 Å². The minimum Gasteiger partial charge on any atom is -0.496 e. The molecule has 4 nitrogen and oxygen atoms in total. The first-order chi connectivity index (χ1) is 10.2. The van der Waals surface area contributed by atoms with Crippen LogP contribution in [0.2, 0.25) is 5.28 Å². The lowest BCUT2D eigenvalue weighted by molar-refractivity contribution is 0.416. The molecule has 1 heterocycles. The van der Waals surface area contributed by atoms with Crippen LogP contribution in [0.1, 0.15) is 0 Å². The summed E-state index contributed by atoms with van der Waals surface area (Å²) in [5.74, 6) is 0.784. The maximum absolute atomic E-state index is 13.0. The van der Waals surface area contributed by atoms with Crippen LogP contribution < -0.4 is 4.74 Å². The molecular weight excluding hydrogens is 293 g/mol. The molecule has 0 bridgehead atoms. The number of aromatic nitrogens is 3. The Bertz CT molecular complexity index is 771. The summed E-state index contributed by atoms with van der Waals surface area (Å²) in [5.41, 5.74) is 1.37. The fourth-order valence-corrected chi connectivity index (χ4v) is 2.20. The third-order valence-corrected chi connectivity index (χ3v) is 3.23. The van der Waals surface area contributed by atoms with Crippen LogP contribution in [0.4, 0.5) is 4.39 Å². The summed E-state index contributed by atoms with van der Waals surface area (Å²) in [6.45, 7) is 0. The first-order valence-corrected chi connectivity index (χ1v) is 6.59. The summed E-state index contributed by atoms with van der Waals surface area (Å²) >= 11 is 6.12. The second-order valence-corrected chi connectivity index (χ2v) is 4.63. The van der Waals surface area contributed by atoms with Gasteiger partial charge in [0, 0.05) is 0 Å². The van der Waals surface area contributed by atoms with E-state index in [4.69, 9.17) is 16.3 Å². The van der Waals surface area contributed by atoms with Gasteiger partial charge in [-0.25, -0.2) is 9.07 Å². The Morgan fingerprint density at radius 3 is 2.52 bits per heavy atom. The van der Waals surface area contributed by atoms with Crippen molar-refractivity contribution in [3.05, 3.63) is 59.6 Å². The second-order valence-electron chi connectivity index (χ2n) is 4.29. The minimum atomic E-state index is -0.320. The van der Waals surface area contributed by atoms with Gasteiger partial charge in [-0.1, -0.05) is 12.1 Å². The van der Waals surface area contributed by atoms with Crippen molar-refractivity contribution in [2.75, 3.05) is 7.11 Å². The zero-order valence-electron chi connectivity index (χ0n) is 11.1. The van der Waals surface area contributed by atoms with E-state index in [2.05, 4.69) is 10.1 Å². The Hall–Kier alpha value is -2.40. The molecule has 0 saturated heterocycles. The monoisotopic (exact) mass is 303 g/mol. The first-order valence-electron chi connectivity index (χ1n) is 6.21. The summed E-state index contributed by atoms with van der Waals surface area (Å²) in [7, 11) is 1.58. The summed E-state index contributed by atoms with van der Waals surface area (Å²) in [6, 6.07) is 13.3. The molecule has 3 aromatic rings.